The van der Waals surface area contributed by atoms with Crippen LogP contribution in [-0.2, 0) is 11.2 Å². The minimum absolute atomic E-state index is 0.269. The highest BCUT2D eigenvalue weighted by Gasteiger charge is 2.46. The number of halogens is 1. The van der Waals surface area contributed by atoms with E-state index in [1.807, 2.05) is 36.0 Å². The van der Waals surface area contributed by atoms with Crippen LogP contribution in [0.5, 0.6) is 0 Å². The molecular weight excluding hydrogens is 342 g/mol. The highest BCUT2D eigenvalue weighted by atomic mass is 35.5. The molecule has 1 aromatic carbocycles. The molecule has 0 unspecified atom stereocenters. The lowest BCUT2D eigenvalue weighted by atomic mass is 9.75. The van der Waals surface area contributed by atoms with Crippen LogP contribution in [0.1, 0.15) is 5.56 Å². The summed E-state index contributed by atoms with van der Waals surface area (Å²) in [6.07, 6.45) is 2.94. The number of carbonyl (C=O) groups excluding carboxylic acids is 1. The van der Waals surface area contributed by atoms with Crippen molar-refractivity contribution in [1.29, 1.82) is 0 Å². The SMILES string of the molecule is CSCCN1CCN(C(=O)C2(Cc3ccc(Cl)cc3)CNC2)CC1. The van der Waals surface area contributed by atoms with Gasteiger partial charge in [-0.25, -0.2) is 0 Å². The van der Waals surface area contributed by atoms with Crippen molar-refractivity contribution in [2.75, 3.05) is 57.8 Å². The summed E-state index contributed by atoms with van der Waals surface area (Å²) in [5.41, 5.74) is 0.919. The second-order valence-electron chi connectivity index (χ2n) is 6.81. The summed E-state index contributed by atoms with van der Waals surface area (Å²) in [7, 11) is 0. The molecule has 0 aliphatic carbocycles. The van der Waals surface area contributed by atoms with Gasteiger partial charge in [-0.05, 0) is 30.4 Å². The van der Waals surface area contributed by atoms with Crippen LogP contribution in [0.25, 0.3) is 0 Å². The maximum absolute atomic E-state index is 13.1. The number of thioether (sulfide) groups is 1. The van der Waals surface area contributed by atoms with Crippen LogP contribution in [0.4, 0.5) is 0 Å². The second-order valence-corrected chi connectivity index (χ2v) is 8.24. The van der Waals surface area contributed by atoms with Gasteiger partial charge in [0.25, 0.3) is 0 Å². The summed E-state index contributed by atoms with van der Waals surface area (Å²) in [6, 6.07) is 7.89. The molecule has 24 heavy (non-hydrogen) atoms. The first-order valence-corrected chi connectivity index (χ1v) is 10.4. The van der Waals surface area contributed by atoms with Gasteiger partial charge in [0.05, 0.1) is 5.41 Å². The van der Waals surface area contributed by atoms with Gasteiger partial charge in [0.1, 0.15) is 0 Å². The van der Waals surface area contributed by atoms with Gasteiger partial charge >= 0.3 is 0 Å². The Balaban J connectivity index is 1.59. The van der Waals surface area contributed by atoms with Crippen LogP contribution in [0.3, 0.4) is 0 Å². The molecule has 132 valence electrons. The lowest BCUT2D eigenvalue weighted by Gasteiger charge is -2.46. The molecular formula is C18H26ClN3OS. The van der Waals surface area contributed by atoms with E-state index in [1.54, 1.807) is 0 Å². The highest BCUT2D eigenvalue weighted by Crippen LogP contribution is 2.31. The summed E-state index contributed by atoms with van der Waals surface area (Å²) < 4.78 is 0. The zero-order valence-corrected chi connectivity index (χ0v) is 15.8. The van der Waals surface area contributed by atoms with Gasteiger partial charge in [-0.1, -0.05) is 23.7 Å². The van der Waals surface area contributed by atoms with Crippen molar-refractivity contribution < 1.29 is 4.79 Å². The van der Waals surface area contributed by atoms with Crippen LogP contribution in [-0.4, -0.2) is 73.5 Å². The Bertz CT molecular complexity index is 554. The predicted molar refractivity (Wildman–Crippen MR) is 102 cm³/mol. The number of nitrogens with zero attached hydrogens (tertiary/aromatic N) is 2. The molecule has 0 atom stereocenters. The molecule has 2 fully saturated rings. The van der Waals surface area contributed by atoms with Crippen molar-refractivity contribution in [2.45, 2.75) is 6.42 Å². The van der Waals surface area contributed by atoms with Gasteiger partial charge in [-0.3, -0.25) is 9.69 Å². The van der Waals surface area contributed by atoms with E-state index < -0.39 is 0 Å². The number of nitrogens with one attached hydrogen (secondary N) is 1. The van der Waals surface area contributed by atoms with Crippen molar-refractivity contribution >= 4 is 29.3 Å². The third-order valence-corrected chi connectivity index (χ3v) is 5.95. The van der Waals surface area contributed by atoms with Crippen molar-refractivity contribution in [3.05, 3.63) is 34.9 Å². The van der Waals surface area contributed by atoms with E-state index in [0.717, 1.165) is 57.3 Å². The lowest BCUT2D eigenvalue weighted by molar-refractivity contribution is -0.147. The van der Waals surface area contributed by atoms with E-state index in [4.69, 9.17) is 11.6 Å². The number of carbonyl (C=O) groups is 1. The number of hydrogen-bond donors (Lipinski definition) is 1. The molecule has 2 aliphatic heterocycles. The summed E-state index contributed by atoms with van der Waals surface area (Å²) in [5.74, 6) is 1.49. The Hall–Kier alpha value is -0.750. The summed E-state index contributed by atoms with van der Waals surface area (Å²) in [5, 5.41) is 4.05. The first kappa shape index (κ1) is 18.1. The molecule has 1 amide bonds. The topological polar surface area (TPSA) is 35.6 Å². The van der Waals surface area contributed by atoms with Gasteiger partial charge in [0.2, 0.25) is 5.91 Å². The molecule has 3 rings (SSSR count). The third-order valence-electron chi connectivity index (χ3n) is 5.11. The van der Waals surface area contributed by atoms with E-state index in [2.05, 4.69) is 21.4 Å². The number of benzene rings is 1. The van der Waals surface area contributed by atoms with E-state index >= 15 is 0 Å². The van der Waals surface area contributed by atoms with Gasteiger partial charge in [0, 0.05) is 56.6 Å². The van der Waals surface area contributed by atoms with E-state index in [0.29, 0.717) is 5.91 Å². The van der Waals surface area contributed by atoms with Crippen LogP contribution < -0.4 is 5.32 Å². The van der Waals surface area contributed by atoms with Gasteiger partial charge in [-0.2, -0.15) is 11.8 Å². The van der Waals surface area contributed by atoms with Crippen molar-refractivity contribution in [3.8, 4) is 0 Å². The molecule has 0 spiro atoms. The molecule has 6 heteroatoms. The smallest absolute Gasteiger partial charge is 0.231 e. The van der Waals surface area contributed by atoms with Crippen LogP contribution in [0.15, 0.2) is 24.3 Å². The lowest BCUT2D eigenvalue weighted by Crippen LogP contribution is -2.65. The van der Waals surface area contributed by atoms with Gasteiger partial charge < -0.3 is 10.2 Å². The molecule has 2 heterocycles. The van der Waals surface area contributed by atoms with Gasteiger partial charge in [-0.15, -0.1) is 0 Å². The number of amides is 1. The Kier molecular flexibility index (Phi) is 6.08. The van der Waals surface area contributed by atoms with Crippen LogP contribution in [0.2, 0.25) is 5.02 Å². The molecule has 4 nitrogen and oxygen atoms in total. The summed E-state index contributed by atoms with van der Waals surface area (Å²) in [4.78, 5) is 17.7. The normalized spacial score (nSPS) is 20.7. The summed E-state index contributed by atoms with van der Waals surface area (Å²) >= 11 is 7.85. The molecule has 1 aromatic rings. The number of hydrogen-bond acceptors (Lipinski definition) is 4. The van der Waals surface area contributed by atoms with Crippen LogP contribution >= 0.6 is 23.4 Å². The Morgan fingerprint density at radius 2 is 1.88 bits per heavy atom. The minimum Gasteiger partial charge on any atom is -0.340 e. The van der Waals surface area contributed by atoms with Crippen LogP contribution in [0, 0.1) is 5.41 Å². The number of rotatable bonds is 6. The fraction of sp³-hybridized carbons (Fsp3) is 0.611. The Morgan fingerprint density at radius 3 is 2.42 bits per heavy atom. The maximum atomic E-state index is 13.1. The molecule has 2 saturated heterocycles. The quantitative estimate of drug-likeness (QED) is 0.834. The number of piperazine rings is 1. The van der Waals surface area contributed by atoms with Crippen molar-refractivity contribution in [2.24, 2.45) is 5.41 Å². The predicted octanol–water partition coefficient (Wildman–Crippen LogP) is 1.98. The Labute approximate surface area is 153 Å². The molecule has 0 bridgehead atoms. The molecule has 0 saturated carbocycles. The second kappa shape index (κ2) is 8.09. The monoisotopic (exact) mass is 367 g/mol. The van der Waals surface area contributed by atoms with E-state index in [9.17, 15) is 4.79 Å². The standard InChI is InChI=1S/C18H26ClN3OS/c1-24-11-10-21-6-8-22(9-7-21)17(23)18(13-20-14-18)12-15-2-4-16(19)5-3-15/h2-5,20H,6-14H2,1H3. The largest absolute Gasteiger partial charge is 0.340 e. The molecule has 0 radical (unpaired) electrons. The highest BCUT2D eigenvalue weighted by molar-refractivity contribution is 7.98. The average Bonchev–Trinajstić information content (AvgIpc) is 2.58. The zero-order valence-electron chi connectivity index (χ0n) is 14.3. The molecule has 1 N–H and O–H groups in total. The minimum atomic E-state index is -0.269. The Morgan fingerprint density at radius 1 is 1.21 bits per heavy atom. The average molecular weight is 368 g/mol. The fourth-order valence-corrected chi connectivity index (χ4v) is 4.07. The summed E-state index contributed by atoms with van der Waals surface area (Å²) in [6.45, 7) is 6.39. The van der Waals surface area contributed by atoms with Crippen molar-refractivity contribution in [1.82, 2.24) is 15.1 Å². The first-order valence-electron chi connectivity index (χ1n) is 8.59. The van der Waals surface area contributed by atoms with Gasteiger partial charge in [0.15, 0.2) is 0 Å². The zero-order chi connectivity index (χ0) is 17.0. The first-order chi connectivity index (χ1) is 11.6. The molecule has 2 aliphatic rings. The molecule has 0 aromatic heterocycles. The van der Waals surface area contributed by atoms with Crippen molar-refractivity contribution in [3.63, 3.8) is 0 Å². The third kappa shape index (κ3) is 4.07. The van der Waals surface area contributed by atoms with E-state index in [-0.39, 0.29) is 5.41 Å². The fourth-order valence-electron chi connectivity index (χ4n) is 3.50. The maximum Gasteiger partial charge on any atom is 0.231 e. The van der Waals surface area contributed by atoms with E-state index in [1.165, 1.54) is 11.3 Å².